The summed E-state index contributed by atoms with van der Waals surface area (Å²) in [7, 11) is 0. The third-order valence-corrected chi connectivity index (χ3v) is 3.54. The van der Waals surface area contributed by atoms with Crippen LogP contribution in [0.3, 0.4) is 0 Å². The number of anilines is 1. The first-order valence-electron chi connectivity index (χ1n) is 5.11. The standard InChI is InChI=1S/C11H8FN5S/c12-7-3-6(4-14-5-7)8-1-2-9(18-8)10-11(13)16-17-15-10/h1-5H,(H3,13,15,16,17). The molecule has 90 valence electrons. The number of hydrogen-bond acceptors (Lipinski definition) is 5. The number of pyridine rings is 1. The van der Waals surface area contributed by atoms with Crippen molar-refractivity contribution in [2.45, 2.75) is 0 Å². The Hall–Kier alpha value is -2.28. The van der Waals surface area contributed by atoms with Gasteiger partial charge in [0.05, 0.1) is 11.1 Å². The van der Waals surface area contributed by atoms with Gasteiger partial charge in [-0.2, -0.15) is 10.3 Å². The van der Waals surface area contributed by atoms with E-state index in [1.165, 1.54) is 23.6 Å². The second kappa shape index (κ2) is 4.19. The van der Waals surface area contributed by atoms with Crippen LogP contribution in [0.5, 0.6) is 0 Å². The molecule has 0 amide bonds. The van der Waals surface area contributed by atoms with Gasteiger partial charge in [0, 0.05) is 16.6 Å². The molecule has 0 aliphatic carbocycles. The van der Waals surface area contributed by atoms with Crippen molar-refractivity contribution < 1.29 is 4.39 Å². The van der Waals surface area contributed by atoms with E-state index >= 15 is 0 Å². The zero-order valence-corrected chi connectivity index (χ0v) is 9.91. The van der Waals surface area contributed by atoms with Crippen LogP contribution in [0.4, 0.5) is 10.2 Å². The second-order valence-electron chi connectivity index (χ2n) is 3.61. The monoisotopic (exact) mass is 261 g/mol. The lowest BCUT2D eigenvalue weighted by Crippen LogP contribution is -1.86. The topological polar surface area (TPSA) is 80.5 Å². The molecule has 0 fully saturated rings. The maximum Gasteiger partial charge on any atom is 0.174 e. The minimum Gasteiger partial charge on any atom is -0.380 e. The molecule has 0 bridgehead atoms. The highest BCUT2D eigenvalue weighted by atomic mass is 32.1. The number of thiophene rings is 1. The number of nitrogens with zero attached hydrogens (tertiary/aromatic N) is 3. The van der Waals surface area contributed by atoms with Crippen molar-refractivity contribution in [3.05, 3.63) is 36.4 Å². The molecule has 0 spiro atoms. The summed E-state index contributed by atoms with van der Waals surface area (Å²) in [6.07, 6.45) is 2.79. The van der Waals surface area contributed by atoms with Crippen molar-refractivity contribution in [3.8, 4) is 21.0 Å². The Balaban J connectivity index is 2.02. The van der Waals surface area contributed by atoms with Crippen molar-refractivity contribution >= 4 is 17.2 Å². The van der Waals surface area contributed by atoms with Gasteiger partial charge >= 0.3 is 0 Å². The zero-order chi connectivity index (χ0) is 12.5. The summed E-state index contributed by atoms with van der Waals surface area (Å²) in [5.74, 6) is -0.0100. The van der Waals surface area contributed by atoms with Gasteiger partial charge in [0.1, 0.15) is 11.5 Å². The first-order valence-corrected chi connectivity index (χ1v) is 5.93. The number of hydrogen-bond donors (Lipinski definition) is 2. The van der Waals surface area contributed by atoms with Crippen molar-refractivity contribution in [1.82, 2.24) is 20.4 Å². The molecule has 0 aliphatic rings. The highest BCUT2D eigenvalue weighted by molar-refractivity contribution is 7.18. The van der Waals surface area contributed by atoms with Crippen LogP contribution >= 0.6 is 11.3 Å². The van der Waals surface area contributed by atoms with Gasteiger partial charge in [0.2, 0.25) is 0 Å². The average Bonchev–Trinajstić information content (AvgIpc) is 2.97. The number of rotatable bonds is 2. The minimum absolute atomic E-state index is 0.348. The molecule has 0 atom stereocenters. The van der Waals surface area contributed by atoms with Crippen molar-refractivity contribution in [2.24, 2.45) is 0 Å². The number of nitrogen functional groups attached to an aromatic ring is 1. The van der Waals surface area contributed by atoms with E-state index in [9.17, 15) is 4.39 Å². The van der Waals surface area contributed by atoms with Gasteiger partial charge in [-0.05, 0) is 18.2 Å². The number of nitrogens with two attached hydrogens (primary N) is 1. The molecule has 3 aromatic rings. The molecule has 0 aliphatic heterocycles. The van der Waals surface area contributed by atoms with E-state index in [4.69, 9.17) is 5.73 Å². The SMILES string of the molecule is Nc1n[nH]nc1-c1ccc(-c2cncc(F)c2)s1. The van der Waals surface area contributed by atoms with Gasteiger partial charge in [-0.15, -0.1) is 16.4 Å². The molecule has 5 nitrogen and oxygen atoms in total. The van der Waals surface area contributed by atoms with Crippen LogP contribution < -0.4 is 5.73 Å². The second-order valence-corrected chi connectivity index (χ2v) is 4.70. The molecule has 3 heterocycles. The smallest absolute Gasteiger partial charge is 0.174 e. The van der Waals surface area contributed by atoms with E-state index in [-0.39, 0.29) is 5.82 Å². The predicted molar refractivity (Wildman–Crippen MR) is 67.3 cm³/mol. The number of aromatic amines is 1. The summed E-state index contributed by atoms with van der Waals surface area (Å²) in [6, 6.07) is 5.19. The molecule has 3 rings (SSSR count). The predicted octanol–water partition coefficient (Wildman–Crippen LogP) is 2.32. The van der Waals surface area contributed by atoms with Crippen molar-refractivity contribution in [3.63, 3.8) is 0 Å². The van der Waals surface area contributed by atoms with Gasteiger partial charge in [0.25, 0.3) is 0 Å². The Bertz CT molecular complexity index is 690. The molecule has 0 saturated carbocycles. The number of H-pyrrole nitrogens is 1. The maximum atomic E-state index is 13.1. The largest absolute Gasteiger partial charge is 0.380 e. The average molecular weight is 261 g/mol. The van der Waals surface area contributed by atoms with Gasteiger partial charge in [-0.1, -0.05) is 0 Å². The highest BCUT2D eigenvalue weighted by Gasteiger charge is 2.11. The molecular formula is C11H8FN5S. The van der Waals surface area contributed by atoms with Crippen LogP contribution in [0.2, 0.25) is 0 Å². The fraction of sp³-hybridized carbons (Fsp3) is 0. The van der Waals surface area contributed by atoms with Crippen molar-refractivity contribution in [1.29, 1.82) is 0 Å². The van der Waals surface area contributed by atoms with Gasteiger partial charge in [-0.25, -0.2) is 4.39 Å². The first-order chi connectivity index (χ1) is 8.74. The Kier molecular flexibility index (Phi) is 2.52. The normalized spacial score (nSPS) is 10.7. The summed E-state index contributed by atoms with van der Waals surface area (Å²) in [6.45, 7) is 0. The molecule has 3 aromatic heterocycles. The Morgan fingerprint density at radius 3 is 2.72 bits per heavy atom. The molecule has 0 unspecified atom stereocenters. The third-order valence-electron chi connectivity index (χ3n) is 2.40. The van der Waals surface area contributed by atoms with E-state index in [1.807, 2.05) is 12.1 Å². The summed E-state index contributed by atoms with van der Waals surface area (Å²) < 4.78 is 13.1. The van der Waals surface area contributed by atoms with E-state index in [0.29, 0.717) is 11.5 Å². The highest BCUT2D eigenvalue weighted by Crippen LogP contribution is 2.34. The van der Waals surface area contributed by atoms with Gasteiger partial charge in [-0.3, -0.25) is 4.98 Å². The number of halogens is 1. The molecule has 0 aromatic carbocycles. The maximum absolute atomic E-state index is 13.1. The quantitative estimate of drug-likeness (QED) is 0.741. The summed E-state index contributed by atoms with van der Waals surface area (Å²) in [4.78, 5) is 5.60. The Labute approximate surface area is 105 Å². The molecule has 0 radical (unpaired) electrons. The summed E-state index contributed by atoms with van der Waals surface area (Å²) in [5.41, 5.74) is 7.01. The Morgan fingerprint density at radius 1 is 1.17 bits per heavy atom. The van der Waals surface area contributed by atoms with E-state index in [0.717, 1.165) is 15.3 Å². The third kappa shape index (κ3) is 1.84. The molecule has 3 N–H and O–H groups in total. The lowest BCUT2D eigenvalue weighted by molar-refractivity contribution is 0.622. The molecular weight excluding hydrogens is 253 g/mol. The van der Waals surface area contributed by atoms with Crippen LogP contribution in [0.25, 0.3) is 21.0 Å². The van der Waals surface area contributed by atoms with E-state index in [2.05, 4.69) is 20.4 Å². The van der Waals surface area contributed by atoms with E-state index in [1.54, 1.807) is 6.20 Å². The van der Waals surface area contributed by atoms with Gasteiger partial charge < -0.3 is 5.73 Å². The molecule has 7 heteroatoms. The fourth-order valence-electron chi connectivity index (χ4n) is 1.59. The lowest BCUT2D eigenvalue weighted by atomic mass is 10.2. The summed E-state index contributed by atoms with van der Waals surface area (Å²) in [5, 5.41) is 10.2. The van der Waals surface area contributed by atoms with Crippen LogP contribution in [-0.2, 0) is 0 Å². The minimum atomic E-state index is -0.358. The van der Waals surface area contributed by atoms with Crippen LogP contribution in [-0.4, -0.2) is 20.4 Å². The van der Waals surface area contributed by atoms with Crippen LogP contribution in [0.15, 0.2) is 30.6 Å². The number of aromatic nitrogens is 4. The van der Waals surface area contributed by atoms with Crippen molar-refractivity contribution in [2.75, 3.05) is 5.73 Å². The first kappa shape index (κ1) is 10.8. The molecule has 0 saturated heterocycles. The summed E-state index contributed by atoms with van der Waals surface area (Å²) >= 11 is 1.46. The Morgan fingerprint density at radius 2 is 2.00 bits per heavy atom. The van der Waals surface area contributed by atoms with E-state index < -0.39 is 0 Å². The fourth-order valence-corrected chi connectivity index (χ4v) is 2.57. The lowest BCUT2D eigenvalue weighted by Gasteiger charge is -1.95. The zero-order valence-electron chi connectivity index (χ0n) is 9.09. The van der Waals surface area contributed by atoms with Crippen LogP contribution in [0.1, 0.15) is 0 Å². The van der Waals surface area contributed by atoms with Crippen LogP contribution in [0, 0.1) is 5.82 Å². The number of nitrogens with one attached hydrogen (secondary N) is 1. The molecule has 18 heavy (non-hydrogen) atoms. The van der Waals surface area contributed by atoms with Gasteiger partial charge in [0.15, 0.2) is 5.82 Å².